The highest BCUT2D eigenvalue weighted by Crippen LogP contribution is 2.39. The van der Waals surface area contributed by atoms with Gasteiger partial charge in [-0.05, 0) is 62.3 Å². The number of hydrogen-bond acceptors (Lipinski definition) is 13. The van der Waals surface area contributed by atoms with Crippen molar-refractivity contribution in [2.75, 3.05) is 41.1 Å². The molecule has 50 heavy (non-hydrogen) atoms. The summed E-state index contributed by atoms with van der Waals surface area (Å²) in [6.07, 6.45) is 2.55. The Labute approximate surface area is 302 Å². The highest BCUT2D eigenvalue weighted by Gasteiger charge is 2.24. The number of hydrogen-bond donors (Lipinski definition) is 4. The van der Waals surface area contributed by atoms with Crippen molar-refractivity contribution in [3.05, 3.63) is 45.9 Å². The number of azo groups is 1. The van der Waals surface area contributed by atoms with Crippen LogP contribution in [0, 0.1) is 11.3 Å². The standard InChI is InChI=1S/C27H31Cl2N7O10S4/c1-17(37)31-24-13-18(35(9-3-5-11-48(38,39)40)10-4-6-12-49(41,42)43)7-8-23(24)32-33-26-20(16-30)27(47-2)34-36(26)25-21(28)14-19(15-22(25)29)50(44,45)46/h7-8,13-15H,3-6,9-12H2,1-2H3,(H,31,37)(H,38,39,40)(H,41,42,43)(H,44,45,46). The molecule has 1 aromatic heterocycles. The van der Waals surface area contributed by atoms with Crippen molar-refractivity contribution in [2.45, 2.75) is 42.5 Å². The maximum absolute atomic E-state index is 12.2. The summed E-state index contributed by atoms with van der Waals surface area (Å²) >= 11 is 13.8. The van der Waals surface area contributed by atoms with E-state index in [0.29, 0.717) is 18.5 Å². The van der Waals surface area contributed by atoms with Crippen LogP contribution in [0.2, 0.25) is 10.0 Å². The minimum absolute atomic E-state index is 0.0362. The Kier molecular flexibility index (Phi) is 14.2. The lowest BCUT2D eigenvalue weighted by molar-refractivity contribution is -0.114. The van der Waals surface area contributed by atoms with Crippen LogP contribution in [0.1, 0.15) is 38.2 Å². The molecule has 1 amide bonds. The summed E-state index contributed by atoms with van der Waals surface area (Å²) in [5.74, 6) is -1.55. The number of aromatic nitrogens is 2. The van der Waals surface area contributed by atoms with Crippen molar-refractivity contribution in [2.24, 2.45) is 10.2 Å². The van der Waals surface area contributed by atoms with Gasteiger partial charge in [0.05, 0.1) is 32.1 Å². The third-order valence-electron chi connectivity index (χ3n) is 6.70. The van der Waals surface area contributed by atoms with Gasteiger partial charge in [-0.2, -0.15) is 35.6 Å². The lowest BCUT2D eigenvalue weighted by Crippen LogP contribution is -2.26. The number of rotatable bonds is 17. The minimum atomic E-state index is -4.67. The highest BCUT2D eigenvalue weighted by molar-refractivity contribution is 7.98. The van der Waals surface area contributed by atoms with Gasteiger partial charge in [-0.25, -0.2) is 4.68 Å². The molecule has 23 heteroatoms. The number of unbranched alkanes of at least 4 members (excludes halogenated alkanes) is 2. The Morgan fingerprint density at radius 1 is 0.960 bits per heavy atom. The zero-order chi connectivity index (χ0) is 37.4. The molecule has 4 N–H and O–H groups in total. The van der Waals surface area contributed by atoms with Gasteiger partial charge >= 0.3 is 0 Å². The third kappa shape index (κ3) is 11.9. The van der Waals surface area contributed by atoms with Gasteiger partial charge in [-0.1, -0.05) is 23.2 Å². The Morgan fingerprint density at radius 3 is 1.98 bits per heavy atom. The maximum Gasteiger partial charge on any atom is 0.294 e. The average Bonchev–Trinajstić information content (AvgIpc) is 3.34. The molecule has 2 aromatic carbocycles. The molecule has 3 aromatic rings. The van der Waals surface area contributed by atoms with E-state index in [2.05, 4.69) is 20.6 Å². The van der Waals surface area contributed by atoms with E-state index in [1.165, 1.54) is 13.0 Å². The summed E-state index contributed by atoms with van der Waals surface area (Å²) in [5.41, 5.74) is 0.704. The second-order valence-corrected chi connectivity index (χ2v) is 16.7. The highest BCUT2D eigenvalue weighted by atomic mass is 35.5. The van der Waals surface area contributed by atoms with Gasteiger partial charge in [0.15, 0.2) is 5.82 Å². The van der Waals surface area contributed by atoms with Crippen molar-refractivity contribution in [1.29, 1.82) is 5.26 Å². The molecule has 0 atom stereocenters. The van der Waals surface area contributed by atoms with Crippen LogP contribution in [0.3, 0.4) is 0 Å². The first kappa shape index (κ1) is 41.1. The fourth-order valence-corrected chi connectivity index (χ4v) is 7.47. The zero-order valence-corrected chi connectivity index (χ0v) is 31.1. The van der Waals surface area contributed by atoms with Crippen LogP contribution < -0.4 is 10.2 Å². The van der Waals surface area contributed by atoms with Crippen LogP contribution in [0.5, 0.6) is 0 Å². The molecule has 0 saturated heterocycles. The van der Waals surface area contributed by atoms with Crippen molar-refractivity contribution < 1.29 is 43.7 Å². The second kappa shape index (κ2) is 17.3. The number of thioether (sulfide) groups is 1. The summed E-state index contributed by atoms with van der Waals surface area (Å²) in [6, 6.07) is 8.54. The van der Waals surface area contributed by atoms with Gasteiger partial charge < -0.3 is 10.2 Å². The monoisotopic (exact) mass is 811 g/mol. The fourth-order valence-electron chi connectivity index (χ4n) is 4.52. The maximum atomic E-state index is 12.2. The molecule has 0 radical (unpaired) electrons. The van der Waals surface area contributed by atoms with Crippen LogP contribution in [0.15, 0.2) is 50.5 Å². The van der Waals surface area contributed by atoms with Gasteiger partial charge in [0.25, 0.3) is 30.4 Å². The van der Waals surface area contributed by atoms with E-state index in [-0.39, 0.29) is 69.4 Å². The Balaban J connectivity index is 2.08. The summed E-state index contributed by atoms with van der Waals surface area (Å²) in [7, 11) is -13.0. The summed E-state index contributed by atoms with van der Waals surface area (Å²) in [4.78, 5) is 13.4. The van der Waals surface area contributed by atoms with E-state index < -0.39 is 52.7 Å². The zero-order valence-electron chi connectivity index (χ0n) is 26.3. The first-order valence-electron chi connectivity index (χ1n) is 14.3. The summed E-state index contributed by atoms with van der Waals surface area (Å²) in [6.45, 7) is 1.81. The second-order valence-electron chi connectivity index (χ2n) is 10.5. The van der Waals surface area contributed by atoms with E-state index in [4.69, 9.17) is 32.3 Å². The van der Waals surface area contributed by atoms with Gasteiger partial charge in [-0.15, -0.1) is 22.0 Å². The number of carbonyl (C=O) groups excluding carboxylic acids is 1. The van der Waals surface area contributed by atoms with E-state index in [1.807, 2.05) is 6.07 Å². The molecule has 0 aliphatic carbocycles. The van der Waals surface area contributed by atoms with E-state index in [0.717, 1.165) is 28.6 Å². The topological polar surface area (TPSA) is 262 Å². The van der Waals surface area contributed by atoms with Crippen molar-refractivity contribution in [3.8, 4) is 11.8 Å². The van der Waals surface area contributed by atoms with Gasteiger partial charge in [0.1, 0.15) is 28.0 Å². The molecular formula is C27H31Cl2N7O10S4. The Bertz CT molecular complexity index is 2090. The first-order chi connectivity index (χ1) is 23.2. The number of halogens is 2. The first-order valence-corrected chi connectivity index (χ1v) is 20.9. The average molecular weight is 813 g/mol. The molecule has 0 aliphatic heterocycles. The van der Waals surface area contributed by atoms with E-state index >= 15 is 0 Å². The largest absolute Gasteiger partial charge is 0.371 e. The van der Waals surface area contributed by atoms with Gasteiger partial charge in [0, 0.05) is 25.7 Å². The third-order valence-corrected chi connectivity index (χ3v) is 10.4. The van der Waals surface area contributed by atoms with Gasteiger partial charge in [-0.3, -0.25) is 18.5 Å². The molecule has 17 nitrogen and oxygen atoms in total. The molecule has 0 fully saturated rings. The molecule has 0 spiro atoms. The summed E-state index contributed by atoms with van der Waals surface area (Å²) in [5, 5.41) is 25.1. The Morgan fingerprint density at radius 2 is 1.52 bits per heavy atom. The van der Waals surface area contributed by atoms with E-state index in [1.54, 1.807) is 23.3 Å². The number of anilines is 2. The molecular weight excluding hydrogens is 782 g/mol. The van der Waals surface area contributed by atoms with Crippen LogP contribution in [0.4, 0.5) is 22.9 Å². The predicted octanol–water partition coefficient (Wildman–Crippen LogP) is 5.54. The molecule has 272 valence electrons. The molecule has 0 unspecified atom stereocenters. The normalized spacial score (nSPS) is 12.3. The Hall–Kier alpha value is -3.33. The number of nitrogens with one attached hydrogen (secondary N) is 1. The molecule has 1 heterocycles. The number of nitrogens with zero attached hydrogens (tertiary/aromatic N) is 6. The quantitative estimate of drug-likeness (QED) is 0.0565. The van der Waals surface area contributed by atoms with Gasteiger partial charge in [0.2, 0.25) is 5.91 Å². The van der Waals surface area contributed by atoms with E-state index in [9.17, 15) is 39.9 Å². The van der Waals surface area contributed by atoms with Crippen molar-refractivity contribution in [1.82, 2.24) is 9.78 Å². The van der Waals surface area contributed by atoms with Crippen LogP contribution >= 0.6 is 35.0 Å². The molecule has 3 rings (SSSR count). The molecule has 0 saturated carbocycles. The van der Waals surface area contributed by atoms with Crippen LogP contribution in [-0.4, -0.2) is 85.5 Å². The number of amides is 1. The molecule has 0 aliphatic rings. The number of benzene rings is 2. The smallest absolute Gasteiger partial charge is 0.294 e. The predicted molar refractivity (Wildman–Crippen MR) is 188 cm³/mol. The van der Waals surface area contributed by atoms with Crippen LogP contribution in [0.25, 0.3) is 5.69 Å². The fraction of sp³-hybridized carbons (Fsp3) is 0.370. The number of nitriles is 1. The van der Waals surface area contributed by atoms with Crippen molar-refractivity contribution in [3.63, 3.8) is 0 Å². The molecule has 0 bridgehead atoms. The SMILES string of the molecule is CSc1nn(-c2c(Cl)cc(S(=O)(=O)O)cc2Cl)c(N=Nc2ccc(N(CCCCS(=O)(=O)O)CCCCS(=O)(=O)O)cc2NC(C)=O)c1C#N. The number of carbonyl (C=O) groups is 1. The van der Waals surface area contributed by atoms with Crippen LogP contribution in [-0.2, 0) is 35.1 Å². The lowest BCUT2D eigenvalue weighted by Gasteiger charge is -2.26. The minimum Gasteiger partial charge on any atom is -0.371 e. The summed E-state index contributed by atoms with van der Waals surface area (Å²) < 4.78 is 96.8. The lowest BCUT2D eigenvalue weighted by atomic mass is 10.2. The van der Waals surface area contributed by atoms with Crippen molar-refractivity contribution >= 4 is 94.1 Å².